The van der Waals surface area contributed by atoms with Gasteiger partial charge in [0.25, 0.3) is 0 Å². The van der Waals surface area contributed by atoms with Gasteiger partial charge in [-0.15, -0.1) is 0 Å². The monoisotopic (exact) mass is 477 g/mol. The maximum atomic E-state index is 12.7. The summed E-state index contributed by atoms with van der Waals surface area (Å²) in [6, 6.07) is 11.8. The molecule has 0 fully saturated rings. The Balaban J connectivity index is 2.19. The summed E-state index contributed by atoms with van der Waals surface area (Å²) in [5.74, 6) is -1.35. The Kier molecular flexibility index (Phi) is 5.96. The fourth-order valence-electron chi connectivity index (χ4n) is 3.42. The van der Waals surface area contributed by atoms with Gasteiger partial charge in [0, 0.05) is 21.2 Å². The summed E-state index contributed by atoms with van der Waals surface area (Å²) in [6.07, 6.45) is 2.52. The second kappa shape index (κ2) is 8.22. The van der Waals surface area contributed by atoms with Crippen LogP contribution in [0.25, 0.3) is 10.9 Å². The number of aryl methyl sites for hydroxylation is 1. The van der Waals surface area contributed by atoms with Gasteiger partial charge in [-0.3, -0.25) is 4.79 Å². The number of fused-ring (bicyclic) bond motifs is 1. The molecule has 1 heterocycles. The number of benzene rings is 2. The van der Waals surface area contributed by atoms with E-state index in [0.29, 0.717) is 23.7 Å². The van der Waals surface area contributed by atoms with Crippen molar-refractivity contribution in [3.05, 3.63) is 78.6 Å². The van der Waals surface area contributed by atoms with Crippen molar-refractivity contribution in [2.24, 2.45) is 0 Å². The molecule has 3 rings (SSSR count). The van der Waals surface area contributed by atoms with Gasteiger partial charge in [0.05, 0.1) is 12.0 Å². The van der Waals surface area contributed by atoms with Gasteiger partial charge in [0.1, 0.15) is 5.56 Å². The molecule has 6 heteroatoms. The molecular weight excluding hydrogens is 457 g/mol. The molecule has 1 atom stereocenters. The summed E-state index contributed by atoms with van der Waals surface area (Å²) in [6.45, 7) is 1.93. The molecule has 140 valence electrons. The van der Waals surface area contributed by atoms with Gasteiger partial charge < -0.3 is 15.2 Å². The van der Waals surface area contributed by atoms with Gasteiger partial charge in [-0.05, 0) is 58.2 Å². The second-order valence-corrected chi connectivity index (χ2v) is 7.52. The maximum absolute atomic E-state index is 12.7. The minimum absolute atomic E-state index is 0.0169. The van der Waals surface area contributed by atoms with Crippen LogP contribution in [0.15, 0.2) is 47.4 Å². The number of nitrogens with one attached hydrogen (secondary N) is 1. The summed E-state index contributed by atoms with van der Waals surface area (Å²) >= 11 is 2.20. The van der Waals surface area contributed by atoms with Crippen molar-refractivity contribution in [2.75, 3.05) is 6.61 Å². The molecule has 0 spiro atoms. The number of hydrogen-bond donors (Lipinski definition) is 3. The lowest BCUT2D eigenvalue weighted by Crippen LogP contribution is -2.18. The van der Waals surface area contributed by atoms with Crippen LogP contribution in [0.5, 0.6) is 0 Å². The summed E-state index contributed by atoms with van der Waals surface area (Å²) in [7, 11) is 0. The zero-order valence-electron chi connectivity index (χ0n) is 14.8. The average Bonchev–Trinajstić information content (AvgIpc) is 2.67. The number of aromatic nitrogens is 1. The van der Waals surface area contributed by atoms with Crippen LogP contribution < -0.4 is 5.43 Å². The molecule has 3 N–H and O–H groups in total. The molecule has 0 aliphatic rings. The molecule has 1 aromatic heterocycles. The van der Waals surface area contributed by atoms with E-state index in [1.807, 2.05) is 43.3 Å². The lowest BCUT2D eigenvalue weighted by atomic mass is 9.89. The van der Waals surface area contributed by atoms with Crippen molar-refractivity contribution >= 4 is 39.5 Å². The van der Waals surface area contributed by atoms with E-state index < -0.39 is 11.4 Å². The molecule has 0 saturated heterocycles. The van der Waals surface area contributed by atoms with Crippen LogP contribution in [0.4, 0.5) is 0 Å². The van der Waals surface area contributed by atoms with Gasteiger partial charge >= 0.3 is 5.97 Å². The van der Waals surface area contributed by atoms with Crippen molar-refractivity contribution in [3.63, 3.8) is 0 Å². The smallest absolute Gasteiger partial charge is 0.341 e. The van der Waals surface area contributed by atoms with Gasteiger partial charge in [-0.2, -0.15) is 0 Å². The number of hydrogen-bond acceptors (Lipinski definition) is 3. The molecule has 2 aromatic carbocycles. The number of rotatable bonds is 6. The van der Waals surface area contributed by atoms with E-state index in [-0.39, 0.29) is 18.1 Å². The number of aromatic carboxylic acids is 1. The molecule has 0 radical (unpaired) electrons. The summed E-state index contributed by atoms with van der Waals surface area (Å²) in [5.41, 5.74) is 2.78. The lowest BCUT2D eigenvalue weighted by Gasteiger charge is -2.20. The predicted octanol–water partition coefficient (Wildman–Crippen LogP) is 3.71. The van der Waals surface area contributed by atoms with Crippen LogP contribution in [0, 0.1) is 3.57 Å². The van der Waals surface area contributed by atoms with Crippen molar-refractivity contribution in [1.29, 1.82) is 0 Å². The third kappa shape index (κ3) is 3.77. The number of aliphatic hydroxyl groups is 1. The van der Waals surface area contributed by atoms with Gasteiger partial charge in [0.2, 0.25) is 5.43 Å². The minimum Gasteiger partial charge on any atom is -0.477 e. The Morgan fingerprint density at radius 1 is 1.26 bits per heavy atom. The van der Waals surface area contributed by atoms with E-state index in [4.69, 9.17) is 0 Å². The SMILES string of the molecule is CCc1c(I)c(C(CO)Cc2ccccc2)cc2[nH]cc(C(=O)O)c(=O)c12. The summed E-state index contributed by atoms with van der Waals surface area (Å²) in [5, 5.41) is 19.7. The number of H-pyrrole nitrogens is 1. The number of carbonyl (C=O) groups is 1. The van der Waals surface area contributed by atoms with Crippen molar-refractivity contribution in [3.8, 4) is 0 Å². The third-order valence-corrected chi connectivity index (χ3v) is 6.08. The minimum atomic E-state index is -1.24. The molecule has 3 aromatic rings. The second-order valence-electron chi connectivity index (χ2n) is 6.44. The first-order chi connectivity index (χ1) is 13.0. The number of pyridine rings is 1. The fraction of sp³-hybridized carbons (Fsp3) is 0.238. The number of halogens is 1. The van der Waals surface area contributed by atoms with E-state index in [2.05, 4.69) is 27.6 Å². The lowest BCUT2D eigenvalue weighted by molar-refractivity contribution is 0.0695. The number of carboxylic acid groups (broad SMARTS) is 1. The zero-order valence-corrected chi connectivity index (χ0v) is 17.0. The van der Waals surface area contributed by atoms with Crippen LogP contribution in [0.3, 0.4) is 0 Å². The Morgan fingerprint density at radius 2 is 1.96 bits per heavy atom. The van der Waals surface area contributed by atoms with E-state index >= 15 is 0 Å². The number of aliphatic hydroxyl groups excluding tert-OH is 1. The summed E-state index contributed by atoms with van der Waals surface area (Å²) in [4.78, 5) is 27.0. The van der Waals surface area contributed by atoms with Crippen molar-refractivity contribution in [2.45, 2.75) is 25.7 Å². The zero-order chi connectivity index (χ0) is 19.6. The highest BCUT2D eigenvalue weighted by molar-refractivity contribution is 14.1. The molecule has 0 bridgehead atoms. The molecule has 0 amide bonds. The van der Waals surface area contributed by atoms with Gasteiger partial charge in [-0.25, -0.2) is 4.79 Å². The molecule has 0 aliphatic carbocycles. The van der Waals surface area contributed by atoms with Gasteiger partial charge in [0.15, 0.2) is 0 Å². The molecular formula is C21H20INO4. The Labute approximate surface area is 170 Å². The first-order valence-corrected chi connectivity index (χ1v) is 9.80. The highest BCUT2D eigenvalue weighted by Crippen LogP contribution is 2.32. The number of carboxylic acids is 1. The highest BCUT2D eigenvalue weighted by Gasteiger charge is 2.22. The third-order valence-electron chi connectivity index (χ3n) is 4.80. The van der Waals surface area contributed by atoms with E-state index in [1.165, 1.54) is 6.20 Å². The standard InChI is InChI=1S/C21H20INO4/c1-2-14-18-17(23-10-16(20(18)25)21(26)27)9-15(19(14)22)13(11-24)8-12-6-4-3-5-7-12/h3-7,9-10,13,24H,2,8,11H2,1H3,(H,23,25)(H,26,27). The van der Waals surface area contributed by atoms with Crippen LogP contribution in [0.1, 0.15) is 39.9 Å². The molecule has 1 unspecified atom stereocenters. The Morgan fingerprint density at radius 3 is 2.56 bits per heavy atom. The van der Waals surface area contributed by atoms with Crippen LogP contribution >= 0.6 is 22.6 Å². The number of aromatic amines is 1. The highest BCUT2D eigenvalue weighted by atomic mass is 127. The topological polar surface area (TPSA) is 90.4 Å². The summed E-state index contributed by atoms with van der Waals surface area (Å²) < 4.78 is 0.908. The van der Waals surface area contributed by atoms with Crippen LogP contribution in [-0.2, 0) is 12.8 Å². The van der Waals surface area contributed by atoms with Crippen molar-refractivity contribution < 1.29 is 15.0 Å². The van der Waals surface area contributed by atoms with Crippen LogP contribution in [-0.4, -0.2) is 27.8 Å². The van der Waals surface area contributed by atoms with E-state index in [1.54, 1.807) is 0 Å². The largest absolute Gasteiger partial charge is 0.477 e. The maximum Gasteiger partial charge on any atom is 0.341 e. The normalized spacial score (nSPS) is 12.3. The Hall–Kier alpha value is -2.19. The van der Waals surface area contributed by atoms with E-state index in [9.17, 15) is 19.8 Å². The molecule has 0 saturated carbocycles. The quantitative estimate of drug-likeness (QED) is 0.473. The van der Waals surface area contributed by atoms with Crippen molar-refractivity contribution in [1.82, 2.24) is 4.98 Å². The first-order valence-electron chi connectivity index (χ1n) is 8.72. The van der Waals surface area contributed by atoms with E-state index in [0.717, 1.165) is 20.3 Å². The van der Waals surface area contributed by atoms with Crippen LogP contribution in [0.2, 0.25) is 0 Å². The Bertz CT molecular complexity index is 1040. The first kappa shape index (κ1) is 19.6. The molecule has 0 aliphatic heterocycles. The predicted molar refractivity (Wildman–Crippen MR) is 114 cm³/mol. The molecule has 27 heavy (non-hydrogen) atoms. The molecule has 5 nitrogen and oxygen atoms in total. The van der Waals surface area contributed by atoms with Gasteiger partial charge in [-0.1, -0.05) is 37.3 Å². The average molecular weight is 477 g/mol. The fourth-order valence-corrected chi connectivity index (χ4v) is 4.67.